The van der Waals surface area contributed by atoms with Crippen molar-refractivity contribution in [1.82, 2.24) is 9.97 Å². The van der Waals surface area contributed by atoms with Gasteiger partial charge in [0.2, 0.25) is 5.91 Å². The normalized spacial score (nSPS) is 20.7. The molecule has 1 aromatic carbocycles. The van der Waals surface area contributed by atoms with Crippen molar-refractivity contribution in [3.63, 3.8) is 0 Å². The fourth-order valence-electron chi connectivity index (χ4n) is 6.20. The summed E-state index contributed by atoms with van der Waals surface area (Å²) in [6.45, 7) is 1.91. The standard InChI is InChI=1S/C29H35N5O/c30-22-13-15-34(18-22)28-23-8-2-1-3-9-25(23)32-26-11-10-20(16-24(26)28)21-12-14-31-27(17-21)33-29(35)19-6-4-5-7-19/h10-12,14,16-17,19,22H,1-9,13,15,18,30H2,(H,31,33,35). The van der Waals surface area contributed by atoms with Crippen LogP contribution in [0.15, 0.2) is 36.5 Å². The Balaban J connectivity index is 1.39. The Morgan fingerprint density at radius 3 is 2.63 bits per heavy atom. The number of hydrogen-bond donors (Lipinski definition) is 2. The Labute approximate surface area is 207 Å². The monoisotopic (exact) mass is 469 g/mol. The highest BCUT2D eigenvalue weighted by Gasteiger charge is 2.27. The number of fused-ring (bicyclic) bond motifs is 2. The zero-order valence-electron chi connectivity index (χ0n) is 20.4. The maximum absolute atomic E-state index is 12.6. The number of nitrogens with zero attached hydrogens (tertiary/aromatic N) is 3. The lowest BCUT2D eigenvalue weighted by Crippen LogP contribution is -2.27. The number of aromatic nitrogens is 2. The van der Waals surface area contributed by atoms with Gasteiger partial charge in [-0.15, -0.1) is 0 Å². The summed E-state index contributed by atoms with van der Waals surface area (Å²) in [6, 6.07) is 10.8. The molecule has 3 aromatic rings. The summed E-state index contributed by atoms with van der Waals surface area (Å²) in [5, 5.41) is 4.27. The second kappa shape index (κ2) is 9.57. The van der Waals surface area contributed by atoms with Gasteiger partial charge in [0.15, 0.2) is 0 Å². The number of pyridine rings is 2. The fourth-order valence-corrected chi connectivity index (χ4v) is 6.20. The molecule has 1 unspecified atom stereocenters. The van der Waals surface area contributed by atoms with Gasteiger partial charge in [0.05, 0.1) is 11.2 Å². The maximum Gasteiger partial charge on any atom is 0.228 e. The third kappa shape index (κ3) is 4.52. The average Bonchev–Trinajstić information content (AvgIpc) is 3.50. The minimum atomic E-state index is 0.102. The van der Waals surface area contributed by atoms with Crippen LogP contribution in [-0.2, 0) is 17.6 Å². The summed E-state index contributed by atoms with van der Waals surface area (Å²) < 4.78 is 0. The number of benzene rings is 1. The van der Waals surface area contributed by atoms with Crippen LogP contribution in [0.25, 0.3) is 22.0 Å². The summed E-state index contributed by atoms with van der Waals surface area (Å²) in [7, 11) is 0. The Kier molecular flexibility index (Phi) is 6.15. The minimum Gasteiger partial charge on any atom is -0.369 e. The van der Waals surface area contributed by atoms with E-state index in [2.05, 4.69) is 33.4 Å². The Hall–Kier alpha value is -2.99. The first-order valence-electron chi connectivity index (χ1n) is 13.4. The summed E-state index contributed by atoms with van der Waals surface area (Å²) in [5.74, 6) is 0.854. The van der Waals surface area contributed by atoms with Crippen LogP contribution in [-0.4, -0.2) is 35.0 Å². The molecule has 3 heterocycles. The zero-order chi connectivity index (χ0) is 23.8. The summed E-state index contributed by atoms with van der Waals surface area (Å²) >= 11 is 0. The van der Waals surface area contributed by atoms with Crippen molar-refractivity contribution in [1.29, 1.82) is 0 Å². The van der Waals surface area contributed by atoms with E-state index in [-0.39, 0.29) is 17.9 Å². The SMILES string of the molecule is NC1CCN(c2c3c(nc4ccc(-c5ccnc(NC(=O)C6CCCC6)c5)cc24)CCCCC3)C1. The summed E-state index contributed by atoms with van der Waals surface area (Å²) in [5.41, 5.74) is 13.6. The van der Waals surface area contributed by atoms with Crippen molar-refractivity contribution in [3.05, 3.63) is 47.8 Å². The number of anilines is 2. The van der Waals surface area contributed by atoms with Crippen LogP contribution in [0.3, 0.4) is 0 Å². The van der Waals surface area contributed by atoms with Crippen molar-refractivity contribution in [3.8, 4) is 11.1 Å². The largest absolute Gasteiger partial charge is 0.369 e. The third-order valence-electron chi connectivity index (χ3n) is 8.09. The number of amides is 1. The van der Waals surface area contributed by atoms with E-state index >= 15 is 0 Å². The van der Waals surface area contributed by atoms with Gasteiger partial charge in [-0.05, 0) is 85.9 Å². The molecule has 2 aliphatic carbocycles. The van der Waals surface area contributed by atoms with Crippen molar-refractivity contribution < 1.29 is 4.79 Å². The quantitative estimate of drug-likeness (QED) is 0.511. The average molecular weight is 470 g/mol. The molecule has 182 valence electrons. The molecule has 0 spiro atoms. The number of hydrogen-bond acceptors (Lipinski definition) is 5. The van der Waals surface area contributed by atoms with E-state index in [0.29, 0.717) is 5.82 Å². The highest BCUT2D eigenvalue weighted by molar-refractivity contribution is 5.97. The molecule has 3 N–H and O–H groups in total. The molecule has 3 aliphatic rings. The maximum atomic E-state index is 12.6. The molecule has 6 nitrogen and oxygen atoms in total. The highest BCUT2D eigenvalue weighted by atomic mass is 16.1. The molecule has 1 saturated heterocycles. The summed E-state index contributed by atoms with van der Waals surface area (Å²) in [4.78, 5) is 24.7. The van der Waals surface area contributed by atoms with Crippen LogP contribution in [0, 0.1) is 5.92 Å². The molecule has 0 bridgehead atoms. The first-order chi connectivity index (χ1) is 17.2. The van der Waals surface area contributed by atoms with E-state index in [1.54, 1.807) is 6.20 Å². The van der Waals surface area contributed by atoms with E-state index in [0.717, 1.165) is 74.7 Å². The molecule has 0 radical (unpaired) electrons. The van der Waals surface area contributed by atoms with Crippen LogP contribution < -0.4 is 16.0 Å². The Morgan fingerprint density at radius 2 is 1.80 bits per heavy atom. The second-order valence-electron chi connectivity index (χ2n) is 10.6. The molecule has 6 heteroatoms. The predicted octanol–water partition coefficient (Wildman–Crippen LogP) is 5.23. The predicted molar refractivity (Wildman–Crippen MR) is 142 cm³/mol. The zero-order valence-corrected chi connectivity index (χ0v) is 20.4. The minimum absolute atomic E-state index is 0.102. The molecule has 2 fully saturated rings. The van der Waals surface area contributed by atoms with Crippen LogP contribution >= 0.6 is 0 Å². The lowest BCUT2D eigenvalue weighted by molar-refractivity contribution is -0.119. The van der Waals surface area contributed by atoms with Crippen LogP contribution in [0.1, 0.15) is 62.6 Å². The van der Waals surface area contributed by atoms with Crippen molar-refractivity contribution >= 4 is 28.3 Å². The van der Waals surface area contributed by atoms with Gasteiger partial charge in [0.1, 0.15) is 5.82 Å². The molecule has 6 rings (SSSR count). The Bertz CT molecular complexity index is 1250. The number of aryl methyl sites for hydroxylation is 1. The molecular weight excluding hydrogens is 434 g/mol. The molecule has 1 saturated carbocycles. The number of nitrogens with one attached hydrogen (secondary N) is 1. The van der Waals surface area contributed by atoms with Crippen molar-refractivity contribution in [2.45, 2.75) is 70.3 Å². The molecule has 35 heavy (non-hydrogen) atoms. The molecule has 2 aromatic heterocycles. The number of nitrogens with two attached hydrogens (primary N) is 1. The van der Waals surface area contributed by atoms with Gasteiger partial charge in [-0.1, -0.05) is 25.3 Å². The van der Waals surface area contributed by atoms with Gasteiger partial charge in [-0.25, -0.2) is 4.98 Å². The van der Waals surface area contributed by atoms with Gasteiger partial charge in [-0.2, -0.15) is 0 Å². The molecular formula is C29H35N5O. The Morgan fingerprint density at radius 1 is 0.971 bits per heavy atom. The smallest absolute Gasteiger partial charge is 0.228 e. The van der Waals surface area contributed by atoms with E-state index in [1.165, 1.54) is 41.6 Å². The first-order valence-corrected chi connectivity index (χ1v) is 13.4. The van der Waals surface area contributed by atoms with Crippen LogP contribution in [0.5, 0.6) is 0 Å². The summed E-state index contributed by atoms with van der Waals surface area (Å²) in [6.07, 6.45) is 12.9. The van der Waals surface area contributed by atoms with Gasteiger partial charge >= 0.3 is 0 Å². The van der Waals surface area contributed by atoms with Gasteiger partial charge in [0, 0.05) is 42.3 Å². The lowest BCUT2D eigenvalue weighted by Gasteiger charge is -2.25. The number of carbonyl (C=O) groups excluding carboxylic acids is 1. The fraction of sp³-hybridized carbons (Fsp3) is 0.483. The second-order valence-corrected chi connectivity index (χ2v) is 10.6. The highest BCUT2D eigenvalue weighted by Crippen LogP contribution is 2.39. The van der Waals surface area contributed by atoms with Gasteiger partial charge in [0.25, 0.3) is 0 Å². The molecule has 1 atom stereocenters. The number of rotatable bonds is 4. The van der Waals surface area contributed by atoms with Crippen LogP contribution in [0.2, 0.25) is 0 Å². The molecule has 1 aliphatic heterocycles. The number of carbonyl (C=O) groups is 1. The van der Waals surface area contributed by atoms with E-state index < -0.39 is 0 Å². The van der Waals surface area contributed by atoms with E-state index in [4.69, 9.17) is 10.7 Å². The molecule has 1 amide bonds. The van der Waals surface area contributed by atoms with Crippen molar-refractivity contribution in [2.75, 3.05) is 23.3 Å². The topological polar surface area (TPSA) is 84.1 Å². The lowest BCUT2D eigenvalue weighted by atomic mass is 9.97. The van der Waals surface area contributed by atoms with Gasteiger partial charge < -0.3 is 16.0 Å². The third-order valence-corrected chi connectivity index (χ3v) is 8.09. The first kappa shape index (κ1) is 22.5. The van der Waals surface area contributed by atoms with Crippen molar-refractivity contribution in [2.24, 2.45) is 11.7 Å². The van der Waals surface area contributed by atoms with E-state index in [9.17, 15) is 4.79 Å². The van der Waals surface area contributed by atoms with Crippen LogP contribution in [0.4, 0.5) is 11.5 Å². The van der Waals surface area contributed by atoms with Gasteiger partial charge in [-0.3, -0.25) is 9.78 Å². The van der Waals surface area contributed by atoms with E-state index in [1.807, 2.05) is 12.1 Å².